The molecule has 1 aromatic heterocycles. The van der Waals surface area contributed by atoms with E-state index in [0.29, 0.717) is 18.7 Å². The molecule has 1 atom stereocenters. The van der Waals surface area contributed by atoms with E-state index in [0.717, 1.165) is 16.3 Å². The van der Waals surface area contributed by atoms with E-state index in [9.17, 15) is 13.2 Å². The Balaban J connectivity index is 1.70. The first-order chi connectivity index (χ1) is 12.4. The zero-order valence-corrected chi connectivity index (χ0v) is 16.5. The number of para-hydroxylation sites is 1. The van der Waals surface area contributed by atoms with Crippen LogP contribution in [0.4, 0.5) is 0 Å². The van der Waals surface area contributed by atoms with Crippen LogP contribution in [-0.4, -0.2) is 55.4 Å². The topological polar surface area (TPSA) is 76.6 Å². The quantitative estimate of drug-likeness (QED) is 0.752. The molecular formula is C18H22N2O4S2. The fourth-order valence-electron chi connectivity index (χ4n) is 3.00. The zero-order chi connectivity index (χ0) is 18.7. The van der Waals surface area contributed by atoms with Crippen molar-refractivity contribution in [2.24, 2.45) is 0 Å². The number of carbonyl (C=O) groups is 1. The molecule has 1 amide bonds. The van der Waals surface area contributed by atoms with Crippen LogP contribution in [0.5, 0.6) is 5.75 Å². The van der Waals surface area contributed by atoms with Crippen LogP contribution in [0, 0.1) is 0 Å². The maximum Gasteiger partial charge on any atom is 0.228 e. The van der Waals surface area contributed by atoms with Gasteiger partial charge in [0.15, 0.2) is 9.84 Å². The Morgan fingerprint density at radius 1 is 1.38 bits per heavy atom. The lowest BCUT2D eigenvalue weighted by molar-refractivity contribution is -0.130. The van der Waals surface area contributed by atoms with Gasteiger partial charge in [-0.15, -0.1) is 11.3 Å². The number of amides is 1. The summed E-state index contributed by atoms with van der Waals surface area (Å²) in [4.78, 5) is 18.6. The van der Waals surface area contributed by atoms with Crippen LogP contribution in [0.15, 0.2) is 29.6 Å². The van der Waals surface area contributed by atoms with Gasteiger partial charge in [0.05, 0.1) is 35.8 Å². The Kier molecular flexibility index (Phi) is 5.62. The highest BCUT2D eigenvalue weighted by atomic mass is 32.2. The maximum atomic E-state index is 12.5. The minimum atomic E-state index is -3.01. The van der Waals surface area contributed by atoms with Crippen molar-refractivity contribution in [1.82, 2.24) is 9.88 Å². The number of benzene rings is 1. The highest BCUT2D eigenvalue weighted by molar-refractivity contribution is 7.91. The number of nitrogens with zero attached hydrogens (tertiary/aromatic N) is 2. The number of sulfone groups is 1. The average Bonchev–Trinajstić information content (AvgIpc) is 3.21. The molecule has 6 nitrogen and oxygen atoms in total. The van der Waals surface area contributed by atoms with E-state index in [2.05, 4.69) is 4.98 Å². The van der Waals surface area contributed by atoms with Crippen LogP contribution >= 0.6 is 11.3 Å². The Morgan fingerprint density at radius 2 is 2.15 bits per heavy atom. The highest BCUT2D eigenvalue weighted by Gasteiger charge is 2.32. The van der Waals surface area contributed by atoms with Crippen LogP contribution in [0.25, 0.3) is 10.6 Å². The second kappa shape index (κ2) is 7.75. The van der Waals surface area contributed by atoms with Crippen LogP contribution in [-0.2, 0) is 21.1 Å². The number of thiazole rings is 1. The molecule has 0 aliphatic carbocycles. The van der Waals surface area contributed by atoms with Crippen LogP contribution in [0.2, 0.25) is 0 Å². The molecule has 1 aromatic carbocycles. The molecule has 1 saturated heterocycles. The summed E-state index contributed by atoms with van der Waals surface area (Å²) in [5.41, 5.74) is 1.60. The summed E-state index contributed by atoms with van der Waals surface area (Å²) in [6, 6.07) is 7.46. The van der Waals surface area contributed by atoms with Gasteiger partial charge in [0.1, 0.15) is 10.8 Å². The molecular weight excluding hydrogens is 372 g/mol. The molecule has 2 aromatic rings. The van der Waals surface area contributed by atoms with Gasteiger partial charge in [-0.05, 0) is 25.5 Å². The molecule has 26 heavy (non-hydrogen) atoms. The first kappa shape index (κ1) is 18.8. The predicted octanol–water partition coefficient (Wildman–Crippen LogP) is 2.40. The highest BCUT2D eigenvalue weighted by Crippen LogP contribution is 2.32. The fourth-order valence-corrected chi connectivity index (χ4v) is 5.62. The third kappa shape index (κ3) is 4.24. The van der Waals surface area contributed by atoms with E-state index in [4.69, 9.17) is 4.74 Å². The van der Waals surface area contributed by atoms with Gasteiger partial charge in [-0.25, -0.2) is 13.4 Å². The molecule has 0 bridgehead atoms. The summed E-state index contributed by atoms with van der Waals surface area (Å²) >= 11 is 1.47. The lowest BCUT2D eigenvalue weighted by Gasteiger charge is -2.23. The van der Waals surface area contributed by atoms with E-state index in [1.54, 1.807) is 11.9 Å². The summed E-state index contributed by atoms with van der Waals surface area (Å²) in [5.74, 6) is 0.876. The van der Waals surface area contributed by atoms with E-state index < -0.39 is 9.84 Å². The Morgan fingerprint density at radius 3 is 2.85 bits per heavy atom. The number of hydrogen-bond acceptors (Lipinski definition) is 6. The Hall–Kier alpha value is -1.93. The van der Waals surface area contributed by atoms with Crippen molar-refractivity contribution in [3.8, 4) is 16.3 Å². The summed E-state index contributed by atoms with van der Waals surface area (Å²) in [6.07, 6.45) is 0.676. The molecule has 3 rings (SSSR count). The first-order valence-corrected chi connectivity index (χ1v) is 11.2. The smallest absolute Gasteiger partial charge is 0.228 e. The van der Waals surface area contributed by atoms with Crippen molar-refractivity contribution in [1.29, 1.82) is 0 Å². The second-order valence-corrected chi connectivity index (χ2v) is 9.40. The SMILES string of the molecule is CCOc1ccccc1-c1nc(CC(=O)N(C)C2CCS(=O)(=O)C2)cs1. The normalized spacial score (nSPS) is 18.6. The molecule has 2 heterocycles. The van der Waals surface area contributed by atoms with Crippen molar-refractivity contribution in [2.45, 2.75) is 25.8 Å². The molecule has 1 fully saturated rings. The molecule has 8 heteroatoms. The van der Waals surface area contributed by atoms with Crippen molar-refractivity contribution >= 4 is 27.1 Å². The molecule has 1 aliphatic rings. The number of likely N-dealkylation sites (N-methyl/N-ethyl adjacent to an activating group) is 1. The van der Waals surface area contributed by atoms with Gasteiger partial charge >= 0.3 is 0 Å². The Labute approximate surface area is 157 Å². The van der Waals surface area contributed by atoms with Gasteiger partial charge in [0, 0.05) is 18.5 Å². The van der Waals surface area contributed by atoms with Crippen LogP contribution in [0.1, 0.15) is 19.0 Å². The standard InChI is InChI=1S/C18H22N2O4S2/c1-3-24-16-7-5-4-6-15(16)18-19-13(11-25-18)10-17(21)20(2)14-8-9-26(22,23)12-14/h4-7,11,14H,3,8-10,12H2,1-2H3. The van der Waals surface area contributed by atoms with Gasteiger partial charge in [0.2, 0.25) is 5.91 Å². The largest absolute Gasteiger partial charge is 0.493 e. The van der Waals surface area contributed by atoms with Crippen molar-refractivity contribution in [2.75, 3.05) is 25.2 Å². The number of hydrogen-bond donors (Lipinski definition) is 0. The maximum absolute atomic E-state index is 12.5. The molecule has 0 spiro atoms. The fraction of sp³-hybridized carbons (Fsp3) is 0.444. The minimum Gasteiger partial charge on any atom is -0.493 e. The van der Waals surface area contributed by atoms with Gasteiger partial charge in [0.25, 0.3) is 0 Å². The number of carbonyl (C=O) groups excluding carboxylic acids is 1. The lowest BCUT2D eigenvalue weighted by Crippen LogP contribution is -2.38. The van der Waals surface area contributed by atoms with Gasteiger partial charge in [-0.3, -0.25) is 4.79 Å². The second-order valence-electron chi connectivity index (χ2n) is 6.31. The Bertz CT molecular complexity index is 892. The molecule has 1 unspecified atom stereocenters. The molecule has 0 saturated carbocycles. The summed E-state index contributed by atoms with van der Waals surface area (Å²) in [6.45, 7) is 2.50. The third-order valence-electron chi connectivity index (χ3n) is 4.45. The average molecular weight is 395 g/mol. The van der Waals surface area contributed by atoms with Crippen LogP contribution in [0.3, 0.4) is 0 Å². The zero-order valence-electron chi connectivity index (χ0n) is 14.8. The summed E-state index contributed by atoms with van der Waals surface area (Å²) in [5, 5.41) is 2.68. The molecule has 1 aliphatic heterocycles. The molecule has 0 N–H and O–H groups in total. The monoisotopic (exact) mass is 394 g/mol. The summed E-state index contributed by atoms with van der Waals surface area (Å²) < 4.78 is 28.9. The lowest BCUT2D eigenvalue weighted by atomic mass is 10.2. The molecule has 140 valence electrons. The predicted molar refractivity (Wildman–Crippen MR) is 102 cm³/mol. The van der Waals surface area contributed by atoms with Gasteiger partial charge in [-0.2, -0.15) is 0 Å². The molecule has 0 radical (unpaired) electrons. The third-order valence-corrected chi connectivity index (χ3v) is 7.13. The van der Waals surface area contributed by atoms with E-state index in [-0.39, 0.29) is 29.9 Å². The van der Waals surface area contributed by atoms with Gasteiger partial charge in [-0.1, -0.05) is 12.1 Å². The van der Waals surface area contributed by atoms with E-state index in [1.807, 2.05) is 36.6 Å². The van der Waals surface area contributed by atoms with Crippen molar-refractivity contribution < 1.29 is 17.9 Å². The van der Waals surface area contributed by atoms with E-state index in [1.165, 1.54) is 11.3 Å². The van der Waals surface area contributed by atoms with E-state index >= 15 is 0 Å². The minimum absolute atomic E-state index is 0.0548. The van der Waals surface area contributed by atoms with Crippen molar-refractivity contribution in [3.05, 3.63) is 35.3 Å². The number of ether oxygens (including phenoxy) is 1. The van der Waals surface area contributed by atoms with Crippen molar-refractivity contribution in [3.63, 3.8) is 0 Å². The summed E-state index contributed by atoms with van der Waals surface area (Å²) in [7, 11) is -1.34. The first-order valence-electron chi connectivity index (χ1n) is 8.52. The van der Waals surface area contributed by atoms with Crippen LogP contribution < -0.4 is 4.74 Å². The number of aromatic nitrogens is 1. The van der Waals surface area contributed by atoms with Gasteiger partial charge < -0.3 is 9.64 Å². The number of rotatable bonds is 6.